The zero-order valence-corrected chi connectivity index (χ0v) is 14.1. The smallest absolute Gasteiger partial charge is 0.357 e. The average Bonchev–Trinajstić information content (AvgIpc) is 2.81. The molecule has 0 saturated heterocycles. The van der Waals surface area contributed by atoms with Gasteiger partial charge in [0.05, 0.1) is 24.6 Å². The van der Waals surface area contributed by atoms with Crippen LogP contribution in [0.4, 0.5) is 11.4 Å². The number of hydrogen-bond donors (Lipinski definition) is 2. The van der Waals surface area contributed by atoms with Gasteiger partial charge in [-0.1, -0.05) is 0 Å². The van der Waals surface area contributed by atoms with Gasteiger partial charge in [-0.05, 0) is 30.7 Å². The minimum absolute atomic E-state index is 0.0297. The Bertz CT molecular complexity index is 955. The number of ether oxygens (including phenoxy) is 1. The normalized spacial score (nSPS) is 10.9. The highest BCUT2D eigenvalue weighted by atomic mass is 32.2. The topological polar surface area (TPSA) is 127 Å². The van der Waals surface area contributed by atoms with E-state index in [4.69, 9.17) is 15.7 Å². The van der Waals surface area contributed by atoms with Gasteiger partial charge in [-0.15, -0.1) is 0 Å². The van der Waals surface area contributed by atoms with Crippen molar-refractivity contribution in [2.45, 2.75) is 6.92 Å². The van der Waals surface area contributed by atoms with Gasteiger partial charge >= 0.3 is 5.97 Å². The number of esters is 1. The van der Waals surface area contributed by atoms with E-state index in [2.05, 4.69) is 4.72 Å². The number of nitrogens with two attached hydrogens (primary N) is 1. The first kappa shape index (κ1) is 17.4. The minimum atomic E-state index is -3.40. The van der Waals surface area contributed by atoms with E-state index < -0.39 is 16.0 Å². The molecular formula is C15H16N4O4S. The molecule has 0 aliphatic carbocycles. The van der Waals surface area contributed by atoms with Gasteiger partial charge in [-0.3, -0.25) is 4.72 Å². The third-order valence-corrected chi connectivity index (χ3v) is 3.91. The number of carbonyl (C=O) groups excluding carboxylic acids is 1. The lowest BCUT2D eigenvalue weighted by Gasteiger charge is -2.13. The van der Waals surface area contributed by atoms with Gasteiger partial charge < -0.3 is 15.0 Å². The van der Waals surface area contributed by atoms with E-state index in [9.17, 15) is 13.2 Å². The first-order valence-corrected chi connectivity index (χ1v) is 8.65. The Morgan fingerprint density at radius 1 is 1.42 bits per heavy atom. The fraction of sp³-hybridized carbons (Fsp3) is 0.200. The molecular weight excluding hydrogens is 332 g/mol. The maximum atomic E-state index is 12.0. The molecule has 1 heterocycles. The van der Waals surface area contributed by atoms with Crippen molar-refractivity contribution in [3.05, 3.63) is 41.2 Å². The Balaban J connectivity index is 2.61. The molecule has 2 rings (SSSR count). The fourth-order valence-electron chi connectivity index (χ4n) is 2.31. The van der Waals surface area contributed by atoms with Crippen LogP contribution in [0.3, 0.4) is 0 Å². The van der Waals surface area contributed by atoms with Crippen molar-refractivity contribution >= 4 is 27.4 Å². The van der Waals surface area contributed by atoms with E-state index in [1.54, 1.807) is 25.1 Å². The molecule has 0 saturated carbocycles. The maximum absolute atomic E-state index is 12.0. The number of nitrogens with zero attached hydrogens (tertiary/aromatic N) is 2. The zero-order valence-electron chi connectivity index (χ0n) is 13.3. The number of nitriles is 1. The lowest BCUT2D eigenvalue weighted by molar-refractivity contribution is 0.0593. The van der Waals surface area contributed by atoms with Crippen LogP contribution in [-0.2, 0) is 14.8 Å². The van der Waals surface area contributed by atoms with Gasteiger partial charge in [-0.2, -0.15) is 5.26 Å². The van der Waals surface area contributed by atoms with Crippen molar-refractivity contribution in [3.63, 3.8) is 0 Å². The molecule has 0 aliphatic heterocycles. The zero-order chi connectivity index (χ0) is 18.1. The van der Waals surface area contributed by atoms with Gasteiger partial charge in [0.2, 0.25) is 10.0 Å². The second-order valence-corrected chi connectivity index (χ2v) is 6.90. The summed E-state index contributed by atoms with van der Waals surface area (Å²) < 4.78 is 31.2. The summed E-state index contributed by atoms with van der Waals surface area (Å²) >= 11 is 0. The number of benzene rings is 1. The Kier molecular flexibility index (Phi) is 4.52. The number of aromatic nitrogens is 1. The molecule has 0 bridgehead atoms. The fourth-order valence-corrected chi connectivity index (χ4v) is 2.86. The molecule has 0 amide bonds. The summed E-state index contributed by atoms with van der Waals surface area (Å²) in [5.41, 5.74) is 7.71. The Hall–Kier alpha value is -2.99. The lowest BCUT2D eigenvalue weighted by atomic mass is 10.1. The number of nitrogens with one attached hydrogen (secondary N) is 1. The quantitative estimate of drug-likeness (QED) is 0.804. The SMILES string of the molecule is COC(=O)c1c(N)c(C#N)cn1-c1ccc(NS(C)(=O)=O)cc1C. The predicted octanol–water partition coefficient (Wildman–Crippen LogP) is 1.40. The summed E-state index contributed by atoms with van der Waals surface area (Å²) in [6, 6.07) is 6.70. The minimum Gasteiger partial charge on any atom is -0.464 e. The molecule has 9 heteroatoms. The summed E-state index contributed by atoms with van der Waals surface area (Å²) in [5, 5.41) is 9.13. The molecule has 1 aromatic heterocycles. The van der Waals surface area contributed by atoms with Crippen molar-refractivity contribution in [2.24, 2.45) is 0 Å². The number of anilines is 2. The van der Waals surface area contributed by atoms with Crippen LogP contribution in [0.5, 0.6) is 0 Å². The number of aryl methyl sites for hydroxylation is 1. The second kappa shape index (κ2) is 6.25. The van der Waals surface area contributed by atoms with Crippen LogP contribution in [0.15, 0.2) is 24.4 Å². The number of nitrogen functional groups attached to an aromatic ring is 1. The van der Waals surface area contributed by atoms with Crippen LogP contribution >= 0.6 is 0 Å². The van der Waals surface area contributed by atoms with Gasteiger partial charge in [-0.25, -0.2) is 13.2 Å². The van der Waals surface area contributed by atoms with Crippen LogP contribution in [0.2, 0.25) is 0 Å². The summed E-state index contributed by atoms with van der Waals surface area (Å²) in [7, 11) is -2.18. The van der Waals surface area contributed by atoms with Crippen LogP contribution in [-0.4, -0.2) is 32.3 Å². The third kappa shape index (κ3) is 3.33. The number of carbonyl (C=O) groups is 1. The standard InChI is InChI=1S/C15H16N4O4S/c1-9-6-11(18-24(3,21)22)4-5-12(9)19-8-10(7-16)13(17)14(19)15(20)23-2/h4-6,8,18H,17H2,1-3H3. The van der Waals surface area contributed by atoms with E-state index in [0.717, 1.165) is 6.26 Å². The average molecular weight is 348 g/mol. The molecule has 126 valence electrons. The summed E-state index contributed by atoms with van der Waals surface area (Å²) in [4.78, 5) is 12.0. The summed E-state index contributed by atoms with van der Waals surface area (Å²) in [6.45, 7) is 1.74. The first-order chi connectivity index (χ1) is 11.2. The highest BCUT2D eigenvalue weighted by Crippen LogP contribution is 2.27. The summed E-state index contributed by atoms with van der Waals surface area (Å²) in [6.07, 6.45) is 2.49. The van der Waals surface area contributed by atoms with E-state index in [-0.39, 0.29) is 16.9 Å². The number of hydrogen-bond acceptors (Lipinski definition) is 6. The van der Waals surface area contributed by atoms with Gasteiger partial charge in [0, 0.05) is 17.6 Å². The van der Waals surface area contributed by atoms with E-state index in [1.807, 2.05) is 6.07 Å². The van der Waals surface area contributed by atoms with Crippen molar-refractivity contribution in [1.82, 2.24) is 4.57 Å². The molecule has 0 spiro atoms. The van der Waals surface area contributed by atoms with E-state index in [0.29, 0.717) is 16.9 Å². The molecule has 1 aromatic carbocycles. The highest BCUT2D eigenvalue weighted by Gasteiger charge is 2.22. The third-order valence-electron chi connectivity index (χ3n) is 3.30. The van der Waals surface area contributed by atoms with Gasteiger partial charge in [0.25, 0.3) is 0 Å². The van der Waals surface area contributed by atoms with Crippen LogP contribution in [0, 0.1) is 18.3 Å². The Morgan fingerprint density at radius 3 is 2.58 bits per heavy atom. The predicted molar refractivity (Wildman–Crippen MR) is 89.4 cm³/mol. The summed E-state index contributed by atoms with van der Waals surface area (Å²) in [5.74, 6) is -0.674. The molecule has 0 aliphatic rings. The van der Waals surface area contributed by atoms with Crippen molar-refractivity contribution in [2.75, 3.05) is 23.8 Å². The monoisotopic (exact) mass is 348 g/mol. The lowest BCUT2D eigenvalue weighted by Crippen LogP contribution is -2.12. The number of rotatable bonds is 4. The number of methoxy groups -OCH3 is 1. The van der Waals surface area contributed by atoms with E-state index in [1.165, 1.54) is 17.9 Å². The molecule has 0 unspecified atom stereocenters. The largest absolute Gasteiger partial charge is 0.464 e. The molecule has 8 nitrogen and oxygen atoms in total. The Labute approximate surface area is 139 Å². The first-order valence-electron chi connectivity index (χ1n) is 6.76. The highest BCUT2D eigenvalue weighted by molar-refractivity contribution is 7.92. The Morgan fingerprint density at radius 2 is 2.08 bits per heavy atom. The second-order valence-electron chi connectivity index (χ2n) is 5.15. The van der Waals surface area contributed by atoms with Crippen molar-refractivity contribution < 1.29 is 17.9 Å². The van der Waals surface area contributed by atoms with Crippen LogP contribution in [0.1, 0.15) is 21.6 Å². The molecule has 24 heavy (non-hydrogen) atoms. The van der Waals surface area contributed by atoms with Crippen molar-refractivity contribution in [3.8, 4) is 11.8 Å². The van der Waals surface area contributed by atoms with Crippen LogP contribution in [0.25, 0.3) is 5.69 Å². The molecule has 0 radical (unpaired) electrons. The molecule has 0 atom stereocenters. The van der Waals surface area contributed by atoms with Crippen molar-refractivity contribution in [1.29, 1.82) is 5.26 Å². The van der Waals surface area contributed by atoms with Gasteiger partial charge in [0.1, 0.15) is 6.07 Å². The van der Waals surface area contributed by atoms with Crippen LogP contribution < -0.4 is 10.5 Å². The van der Waals surface area contributed by atoms with E-state index >= 15 is 0 Å². The molecule has 0 fully saturated rings. The maximum Gasteiger partial charge on any atom is 0.357 e. The molecule has 3 N–H and O–H groups in total. The molecule has 2 aromatic rings. The van der Waals surface area contributed by atoms with Gasteiger partial charge in [0.15, 0.2) is 5.69 Å². The number of sulfonamides is 1.